The van der Waals surface area contributed by atoms with Gasteiger partial charge in [-0.1, -0.05) is 0 Å². The molecule has 0 aromatic heterocycles. The van der Waals surface area contributed by atoms with Crippen molar-refractivity contribution in [2.24, 2.45) is 0 Å². The van der Waals surface area contributed by atoms with E-state index in [0.29, 0.717) is 0 Å². The van der Waals surface area contributed by atoms with E-state index in [2.05, 4.69) is 4.84 Å². The Kier molecular flexibility index (Phi) is 1.63. The van der Waals surface area contributed by atoms with Crippen LogP contribution in [0, 0.1) is 6.42 Å². The van der Waals surface area contributed by atoms with Crippen LogP contribution in [-0.2, 0) is 4.84 Å². The van der Waals surface area contributed by atoms with Gasteiger partial charge in [0.1, 0.15) is 6.04 Å². The summed E-state index contributed by atoms with van der Waals surface area (Å²) >= 11 is 0. The first-order valence-electron chi connectivity index (χ1n) is 2.38. The Morgan fingerprint density at radius 2 is 2.22 bits per heavy atom. The van der Waals surface area contributed by atoms with E-state index in [4.69, 9.17) is 0 Å². The Morgan fingerprint density at radius 1 is 1.56 bits per heavy atom. The third-order valence-corrected chi connectivity index (χ3v) is 0.978. The third kappa shape index (κ3) is 1.56. The molecule has 5 heteroatoms. The lowest BCUT2D eigenvalue weighted by atomic mass is 10.2. The zero-order valence-electron chi connectivity index (χ0n) is 4.40. The van der Waals surface area contributed by atoms with Gasteiger partial charge in [-0.3, -0.25) is 0 Å². The maximum atomic E-state index is 11.6. The molecule has 53 valence electrons. The standard InChI is InChI=1S/C4H5F3NO/c5-4(6,7)3-1-2-9-8-3/h1,3,8H,2H2. The summed E-state index contributed by atoms with van der Waals surface area (Å²) in [6, 6.07) is -1.59. The molecule has 1 heterocycles. The number of halogens is 3. The molecule has 0 spiro atoms. The Hall–Kier alpha value is -0.290. The fraction of sp³-hybridized carbons (Fsp3) is 0.750. The maximum absolute atomic E-state index is 11.6. The Morgan fingerprint density at radius 3 is 2.44 bits per heavy atom. The molecule has 1 unspecified atom stereocenters. The van der Waals surface area contributed by atoms with Gasteiger partial charge in [0.15, 0.2) is 0 Å². The van der Waals surface area contributed by atoms with Gasteiger partial charge in [0.05, 0.1) is 6.61 Å². The van der Waals surface area contributed by atoms with Crippen molar-refractivity contribution in [2.45, 2.75) is 12.2 Å². The maximum Gasteiger partial charge on any atom is 0.406 e. The van der Waals surface area contributed by atoms with Gasteiger partial charge in [-0.15, -0.1) is 0 Å². The molecular formula is C4H5F3NO. The molecule has 1 atom stereocenters. The van der Waals surface area contributed by atoms with Crippen LogP contribution in [0.5, 0.6) is 0 Å². The summed E-state index contributed by atoms with van der Waals surface area (Å²) < 4.78 is 34.8. The molecule has 1 saturated heterocycles. The van der Waals surface area contributed by atoms with Crippen molar-refractivity contribution in [3.05, 3.63) is 6.42 Å². The number of hydrogen-bond donors (Lipinski definition) is 1. The zero-order chi connectivity index (χ0) is 6.91. The van der Waals surface area contributed by atoms with Crippen molar-refractivity contribution in [1.29, 1.82) is 0 Å². The van der Waals surface area contributed by atoms with E-state index in [1.807, 2.05) is 5.48 Å². The lowest BCUT2D eigenvalue weighted by Crippen LogP contribution is -2.36. The van der Waals surface area contributed by atoms with Gasteiger partial charge < -0.3 is 4.84 Å². The Balaban J connectivity index is 2.42. The van der Waals surface area contributed by atoms with Gasteiger partial charge in [-0.25, -0.2) is 0 Å². The lowest BCUT2D eigenvalue weighted by Gasteiger charge is -2.11. The predicted octanol–water partition coefficient (Wildman–Crippen LogP) is 0.656. The fourth-order valence-electron chi connectivity index (χ4n) is 0.531. The number of rotatable bonds is 0. The summed E-state index contributed by atoms with van der Waals surface area (Å²) in [7, 11) is 0. The molecule has 0 bridgehead atoms. The van der Waals surface area contributed by atoms with Crippen molar-refractivity contribution in [1.82, 2.24) is 5.48 Å². The van der Waals surface area contributed by atoms with E-state index in [0.717, 1.165) is 6.42 Å². The van der Waals surface area contributed by atoms with E-state index >= 15 is 0 Å². The topological polar surface area (TPSA) is 21.3 Å². The van der Waals surface area contributed by atoms with Gasteiger partial charge in [0.2, 0.25) is 0 Å². The monoisotopic (exact) mass is 140 g/mol. The Labute approximate surface area is 49.9 Å². The number of hydroxylamine groups is 1. The van der Waals surface area contributed by atoms with Gasteiger partial charge in [0, 0.05) is 6.42 Å². The zero-order valence-corrected chi connectivity index (χ0v) is 4.40. The molecule has 1 rings (SSSR count). The van der Waals surface area contributed by atoms with Crippen LogP contribution in [0.1, 0.15) is 0 Å². The van der Waals surface area contributed by atoms with Gasteiger partial charge in [-0.05, 0) is 0 Å². The molecule has 0 amide bonds. The molecule has 9 heavy (non-hydrogen) atoms. The van der Waals surface area contributed by atoms with Crippen LogP contribution >= 0.6 is 0 Å². The molecule has 1 aliphatic rings. The van der Waals surface area contributed by atoms with Crippen LogP contribution in [0.3, 0.4) is 0 Å². The summed E-state index contributed by atoms with van der Waals surface area (Å²) in [5.41, 5.74) is 1.82. The average molecular weight is 140 g/mol. The minimum Gasteiger partial charge on any atom is -0.301 e. The van der Waals surface area contributed by atoms with Gasteiger partial charge in [-0.2, -0.15) is 18.7 Å². The van der Waals surface area contributed by atoms with Crippen LogP contribution in [0.4, 0.5) is 13.2 Å². The van der Waals surface area contributed by atoms with E-state index in [1.54, 1.807) is 0 Å². The average Bonchev–Trinajstić information content (AvgIpc) is 2.08. The molecule has 1 radical (unpaired) electrons. The highest BCUT2D eigenvalue weighted by atomic mass is 19.4. The summed E-state index contributed by atoms with van der Waals surface area (Å²) in [4.78, 5) is 4.26. The molecule has 0 aromatic carbocycles. The van der Waals surface area contributed by atoms with Crippen molar-refractivity contribution >= 4 is 0 Å². The molecule has 0 saturated carbocycles. The van der Waals surface area contributed by atoms with Crippen LogP contribution in [-0.4, -0.2) is 18.8 Å². The second-order valence-corrected chi connectivity index (χ2v) is 1.68. The summed E-state index contributed by atoms with van der Waals surface area (Å²) in [5.74, 6) is 0. The van der Waals surface area contributed by atoms with E-state index in [-0.39, 0.29) is 6.61 Å². The van der Waals surface area contributed by atoms with Crippen molar-refractivity contribution < 1.29 is 18.0 Å². The van der Waals surface area contributed by atoms with Crippen LogP contribution in [0.25, 0.3) is 0 Å². The van der Waals surface area contributed by atoms with Crippen LogP contribution in [0.2, 0.25) is 0 Å². The first-order valence-corrected chi connectivity index (χ1v) is 2.38. The minimum atomic E-state index is -4.21. The minimum absolute atomic E-state index is 0.0180. The van der Waals surface area contributed by atoms with Gasteiger partial charge in [0.25, 0.3) is 0 Å². The van der Waals surface area contributed by atoms with E-state index in [1.165, 1.54) is 0 Å². The second kappa shape index (κ2) is 2.15. The lowest BCUT2D eigenvalue weighted by molar-refractivity contribution is -0.158. The molecular weight excluding hydrogens is 135 g/mol. The number of nitrogens with one attached hydrogen (secondary N) is 1. The predicted molar refractivity (Wildman–Crippen MR) is 23.2 cm³/mol. The largest absolute Gasteiger partial charge is 0.406 e. The summed E-state index contributed by atoms with van der Waals surface area (Å²) in [6.45, 7) is 0.0180. The molecule has 1 N–H and O–H groups in total. The summed E-state index contributed by atoms with van der Waals surface area (Å²) in [6.07, 6.45) is -3.18. The number of hydrogen-bond acceptors (Lipinski definition) is 2. The number of alkyl halides is 3. The van der Waals surface area contributed by atoms with Crippen LogP contribution < -0.4 is 5.48 Å². The highest BCUT2D eigenvalue weighted by Crippen LogP contribution is 2.23. The quantitative estimate of drug-likeness (QED) is 0.533. The normalized spacial score (nSPS) is 29.0. The first-order chi connectivity index (χ1) is 4.11. The van der Waals surface area contributed by atoms with Gasteiger partial charge >= 0.3 is 6.18 Å². The molecule has 1 fully saturated rings. The molecule has 2 nitrogen and oxygen atoms in total. The van der Waals surface area contributed by atoms with E-state index < -0.39 is 12.2 Å². The highest BCUT2D eigenvalue weighted by molar-refractivity contribution is 4.89. The molecule has 0 aliphatic carbocycles. The smallest absolute Gasteiger partial charge is 0.301 e. The van der Waals surface area contributed by atoms with Crippen molar-refractivity contribution in [2.75, 3.05) is 6.61 Å². The molecule has 0 aromatic rings. The second-order valence-electron chi connectivity index (χ2n) is 1.68. The van der Waals surface area contributed by atoms with Crippen LogP contribution in [0.15, 0.2) is 0 Å². The molecule has 1 aliphatic heterocycles. The fourth-order valence-corrected chi connectivity index (χ4v) is 0.531. The first kappa shape index (κ1) is 6.82. The Bertz CT molecular complexity index is 96.5. The summed E-state index contributed by atoms with van der Waals surface area (Å²) in [5, 5.41) is 0. The van der Waals surface area contributed by atoms with E-state index in [9.17, 15) is 13.2 Å². The third-order valence-electron chi connectivity index (χ3n) is 0.978. The van der Waals surface area contributed by atoms with Crippen molar-refractivity contribution in [3.63, 3.8) is 0 Å². The van der Waals surface area contributed by atoms with Crippen molar-refractivity contribution in [3.8, 4) is 0 Å². The SMILES string of the molecule is FC(F)(F)C1[CH]CON1. The highest BCUT2D eigenvalue weighted by Gasteiger charge is 2.42.